The number of ether oxygens (including phenoxy) is 2. The van der Waals surface area contributed by atoms with E-state index in [-0.39, 0.29) is 11.9 Å². The Hall–Kier alpha value is -1.32. The molecule has 0 aromatic heterocycles. The van der Waals surface area contributed by atoms with Gasteiger partial charge in [0, 0.05) is 6.08 Å². The number of hydrogen-bond donors (Lipinski definition) is 0. The van der Waals surface area contributed by atoms with Crippen molar-refractivity contribution in [3.63, 3.8) is 0 Å². The second kappa shape index (κ2) is 8.95. The van der Waals surface area contributed by atoms with Gasteiger partial charge < -0.3 is 9.47 Å². The Morgan fingerprint density at radius 3 is 2.31 bits per heavy atom. The van der Waals surface area contributed by atoms with Gasteiger partial charge in [0.15, 0.2) is 0 Å². The molecule has 0 fully saturated rings. The van der Waals surface area contributed by atoms with Crippen molar-refractivity contribution < 1.29 is 19.1 Å². The van der Waals surface area contributed by atoms with Crippen LogP contribution in [0.25, 0.3) is 0 Å². The Morgan fingerprint density at radius 1 is 1.25 bits per heavy atom. The van der Waals surface area contributed by atoms with Gasteiger partial charge >= 0.3 is 11.9 Å². The Labute approximate surface area is 96.6 Å². The van der Waals surface area contributed by atoms with Gasteiger partial charge in [-0.3, -0.25) is 4.79 Å². The van der Waals surface area contributed by atoms with E-state index in [1.165, 1.54) is 0 Å². The normalized spacial score (nSPS) is 11.6. The molecule has 0 aromatic carbocycles. The third-order valence-corrected chi connectivity index (χ3v) is 2.21. The SMILES string of the molecule is C=CC(=O)OCCCCOC(=O)C(C)CC. The van der Waals surface area contributed by atoms with Crippen LogP contribution in [0.5, 0.6) is 0 Å². The summed E-state index contributed by atoms with van der Waals surface area (Å²) >= 11 is 0. The number of carbonyl (C=O) groups excluding carboxylic acids is 2. The fraction of sp³-hybridized carbons (Fsp3) is 0.667. The molecule has 0 saturated carbocycles. The zero-order chi connectivity index (χ0) is 12.4. The largest absolute Gasteiger partial charge is 0.465 e. The van der Waals surface area contributed by atoms with Crippen LogP contribution in [0.15, 0.2) is 12.7 Å². The zero-order valence-corrected chi connectivity index (χ0v) is 10.0. The Balaban J connectivity index is 3.37. The fourth-order valence-electron chi connectivity index (χ4n) is 0.917. The molecule has 1 unspecified atom stereocenters. The molecule has 0 aliphatic rings. The number of carbonyl (C=O) groups is 2. The monoisotopic (exact) mass is 228 g/mol. The second-order valence-corrected chi connectivity index (χ2v) is 3.56. The highest BCUT2D eigenvalue weighted by Gasteiger charge is 2.10. The van der Waals surface area contributed by atoms with Crippen molar-refractivity contribution in [2.45, 2.75) is 33.1 Å². The van der Waals surface area contributed by atoms with Crippen molar-refractivity contribution >= 4 is 11.9 Å². The Morgan fingerprint density at radius 2 is 1.81 bits per heavy atom. The highest BCUT2D eigenvalue weighted by molar-refractivity contribution is 5.81. The van der Waals surface area contributed by atoms with Crippen LogP contribution in [-0.4, -0.2) is 25.2 Å². The van der Waals surface area contributed by atoms with Gasteiger partial charge in [-0.25, -0.2) is 4.79 Å². The molecule has 1 atom stereocenters. The second-order valence-electron chi connectivity index (χ2n) is 3.56. The molecule has 0 rings (SSSR count). The van der Waals surface area contributed by atoms with E-state index in [1.54, 1.807) is 0 Å². The van der Waals surface area contributed by atoms with Crippen LogP contribution < -0.4 is 0 Å². The molecule has 0 aliphatic heterocycles. The lowest BCUT2D eigenvalue weighted by Crippen LogP contribution is -2.15. The fourth-order valence-corrected chi connectivity index (χ4v) is 0.917. The van der Waals surface area contributed by atoms with Crippen LogP contribution in [0, 0.1) is 5.92 Å². The van der Waals surface area contributed by atoms with Crippen molar-refractivity contribution in [1.29, 1.82) is 0 Å². The third-order valence-electron chi connectivity index (χ3n) is 2.21. The maximum atomic E-state index is 11.2. The van der Waals surface area contributed by atoms with Gasteiger partial charge in [0.1, 0.15) is 0 Å². The number of hydrogen-bond acceptors (Lipinski definition) is 4. The highest BCUT2D eigenvalue weighted by Crippen LogP contribution is 2.04. The minimum absolute atomic E-state index is 0.0430. The van der Waals surface area contributed by atoms with Crippen molar-refractivity contribution in [1.82, 2.24) is 0 Å². The molecule has 0 bridgehead atoms. The van der Waals surface area contributed by atoms with E-state index in [0.29, 0.717) is 26.1 Å². The summed E-state index contributed by atoms with van der Waals surface area (Å²) in [5.41, 5.74) is 0. The van der Waals surface area contributed by atoms with Gasteiger partial charge in [0.2, 0.25) is 0 Å². The predicted molar refractivity (Wildman–Crippen MR) is 60.8 cm³/mol. The lowest BCUT2D eigenvalue weighted by Gasteiger charge is -2.08. The summed E-state index contributed by atoms with van der Waals surface area (Å²) in [6.45, 7) is 7.79. The first kappa shape index (κ1) is 14.7. The molecule has 0 amide bonds. The van der Waals surface area contributed by atoms with Crippen LogP contribution in [0.2, 0.25) is 0 Å². The highest BCUT2D eigenvalue weighted by atomic mass is 16.5. The van der Waals surface area contributed by atoms with Gasteiger partial charge in [0.05, 0.1) is 19.1 Å². The molecule has 0 aliphatic carbocycles. The average Bonchev–Trinajstić information content (AvgIpc) is 2.31. The Bertz CT molecular complexity index is 235. The van der Waals surface area contributed by atoms with E-state index in [9.17, 15) is 9.59 Å². The van der Waals surface area contributed by atoms with Crippen LogP contribution in [0.1, 0.15) is 33.1 Å². The number of unbranched alkanes of at least 4 members (excludes halogenated alkanes) is 1. The Kier molecular flexibility index (Phi) is 8.21. The van der Waals surface area contributed by atoms with E-state index >= 15 is 0 Å². The maximum absolute atomic E-state index is 11.2. The summed E-state index contributed by atoms with van der Waals surface area (Å²) in [7, 11) is 0. The third kappa shape index (κ3) is 7.04. The van der Waals surface area contributed by atoms with Crippen molar-refractivity contribution in [2.75, 3.05) is 13.2 Å². The smallest absolute Gasteiger partial charge is 0.330 e. The van der Waals surface area contributed by atoms with Crippen LogP contribution in [0.3, 0.4) is 0 Å². The van der Waals surface area contributed by atoms with Crippen LogP contribution in [0.4, 0.5) is 0 Å². The van der Waals surface area contributed by atoms with Crippen LogP contribution >= 0.6 is 0 Å². The molecule has 4 nitrogen and oxygen atoms in total. The summed E-state index contributed by atoms with van der Waals surface area (Å²) in [5, 5.41) is 0. The van der Waals surface area contributed by atoms with Crippen molar-refractivity contribution in [3.05, 3.63) is 12.7 Å². The minimum atomic E-state index is -0.420. The standard InChI is InChI=1S/C12H20O4/c1-4-10(3)12(14)16-9-7-6-8-15-11(13)5-2/h5,10H,2,4,6-9H2,1,3H3. The first-order chi connectivity index (χ1) is 7.61. The van der Waals surface area contributed by atoms with Gasteiger partial charge in [-0.05, 0) is 19.3 Å². The average molecular weight is 228 g/mol. The first-order valence-corrected chi connectivity index (χ1v) is 5.57. The quantitative estimate of drug-likeness (QED) is 0.362. The lowest BCUT2D eigenvalue weighted by molar-refractivity contribution is -0.148. The van der Waals surface area contributed by atoms with Gasteiger partial charge in [-0.2, -0.15) is 0 Å². The van der Waals surface area contributed by atoms with Gasteiger partial charge in [-0.1, -0.05) is 20.4 Å². The van der Waals surface area contributed by atoms with Gasteiger partial charge in [-0.15, -0.1) is 0 Å². The summed E-state index contributed by atoms with van der Waals surface area (Å²) in [6, 6.07) is 0. The predicted octanol–water partition coefficient (Wildman–Crippen LogP) is 2.09. The molecular weight excluding hydrogens is 208 g/mol. The van der Waals surface area contributed by atoms with E-state index in [4.69, 9.17) is 9.47 Å². The zero-order valence-electron chi connectivity index (χ0n) is 10.0. The van der Waals surface area contributed by atoms with E-state index in [1.807, 2.05) is 13.8 Å². The number of esters is 2. The molecule has 0 spiro atoms. The molecule has 0 saturated heterocycles. The summed E-state index contributed by atoms with van der Waals surface area (Å²) in [5.74, 6) is -0.624. The molecule has 16 heavy (non-hydrogen) atoms. The first-order valence-electron chi connectivity index (χ1n) is 5.57. The minimum Gasteiger partial charge on any atom is -0.465 e. The summed E-state index contributed by atoms with van der Waals surface area (Å²) < 4.78 is 9.80. The van der Waals surface area contributed by atoms with Gasteiger partial charge in [0.25, 0.3) is 0 Å². The van der Waals surface area contributed by atoms with Crippen molar-refractivity contribution in [2.24, 2.45) is 5.92 Å². The lowest BCUT2D eigenvalue weighted by atomic mass is 10.1. The summed E-state index contributed by atoms with van der Waals surface area (Å²) in [6.07, 6.45) is 3.30. The topological polar surface area (TPSA) is 52.6 Å². The molecule has 0 aromatic rings. The molecular formula is C12H20O4. The molecule has 92 valence electrons. The van der Waals surface area contributed by atoms with E-state index in [0.717, 1.165) is 12.5 Å². The van der Waals surface area contributed by atoms with E-state index < -0.39 is 5.97 Å². The van der Waals surface area contributed by atoms with Crippen LogP contribution in [-0.2, 0) is 19.1 Å². The van der Waals surface area contributed by atoms with Crippen molar-refractivity contribution in [3.8, 4) is 0 Å². The maximum Gasteiger partial charge on any atom is 0.330 e. The molecule has 4 heteroatoms. The number of rotatable bonds is 8. The van der Waals surface area contributed by atoms with E-state index in [2.05, 4.69) is 6.58 Å². The molecule has 0 heterocycles. The summed E-state index contributed by atoms with van der Waals surface area (Å²) in [4.78, 5) is 21.9. The molecule has 0 N–H and O–H groups in total. The molecule has 0 radical (unpaired) electrons.